The highest BCUT2D eigenvalue weighted by molar-refractivity contribution is 9.11. The molecule has 0 fully saturated rings. The number of carbonyl (C=O) groups is 2. The van der Waals surface area contributed by atoms with Gasteiger partial charge in [0.2, 0.25) is 0 Å². The number of aromatic nitrogens is 1. The van der Waals surface area contributed by atoms with E-state index in [1.165, 1.54) is 7.11 Å². The number of methoxy groups -OCH3 is 1. The highest BCUT2D eigenvalue weighted by atomic mass is 79.9. The van der Waals surface area contributed by atoms with Crippen molar-refractivity contribution in [2.24, 2.45) is 0 Å². The van der Waals surface area contributed by atoms with Crippen LogP contribution in [-0.4, -0.2) is 40.3 Å². The molecule has 0 saturated carbocycles. The van der Waals surface area contributed by atoms with Gasteiger partial charge in [-0.1, -0.05) is 52.3 Å². The van der Waals surface area contributed by atoms with Crippen LogP contribution in [0.2, 0.25) is 0 Å². The first kappa shape index (κ1) is 25.5. The number of hydrogen-bond donors (Lipinski definition) is 0. The molecule has 1 aromatic heterocycles. The highest BCUT2D eigenvalue weighted by Gasteiger charge is 2.29. The van der Waals surface area contributed by atoms with Gasteiger partial charge in [-0.05, 0) is 61.3 Å². The smallest absolute Gasteiger partial charge is 0.419 e. The summed E-state index contributed by atoms with van der Waals surface area (Å²) in [6.07, 6.45) is -0.467. The molecule has 3 rings (SSSR count). The second kappa shape index (κ2) is 10.4. The van der Waals surface area contributed by atoms with Gasteiger partial charge in [-0.15, -0.1) is 0 Å². The zero-order chi connectivity index (χ0) is 24.3. The van der Waals surface area contributed by atoms with Crippen molar-refractivity contribution in [2.75, 3.05) is 7.11 Å². The SMILES string of the molecule is COC(=O)[C@H](C)N(Cc1ccccc1Br)Cc1c(Br)c2ccccc2n1C(=O)OC(C)(C)C. The summed E-state index contributed by atoms with van der Waals surface area (Å²) in [6, 6.07) is 15.0. The maximum atomic E-state index is 13.3. The zero-order valence-electron chi connectivity index (χ0n) is 19.4. The number of benzene rings is 2. The zero-order valence-corrected chi connectivity index (χ0v) is 22.6. The van der Waals surface area contributed by atoms with Gasteiger partial charge < -0.3 is 9.47 Å². The topological polar surface area (TPSA) is 60.8 Å². The van der Waals surface area contributed by atoms with E-state index in [2.05, 4.69) is 31.9 Å². The molecular formula is C25H28Br2N2O4. The third-order valence-corrected chi connectivity index (χ3v) is 6.91. The quantitative estimate of drug-likeness (QED) is 0.311. The Morgan fingerprint density at radius 1 is 1.03 bits per heavy atom. The molecule has 0 saturated heterocycles. The molecule has 1 atom stereocenters. The third-order valence-electron chi connectivity index (χ3n) is 5.25. The maximum absolute atomic E-state index is 13.3. The molecule has 0 spiro atoms. The number of para-hydroxylation sites is 1. The minimum atomic E-state index is -0.653. The lowest BCUT2D eigenvalue weighted by Gasteiger charge is -2.28. The summed E-state index contributed by atoms with van der Waals surface area (Å²) in [5, 5.41) is 0.893. The minimum absolute atomic E-state index is 0.312. The third kappa shape index (κ3) is 5.86. The van der Waals surface area contributed by atoms with Crippen molar-refractivity contribution in [3.05, 3.63) is 68.7 Å². The monoisotopic (exact) mass is 578 g/mol. The van der Waals surface area contributed by atoms with Crippen molar-refractivity contribution in [1.29, 1.82) is 0 Å². The number of esters is 1. The van der Waals surface area contributed by atoms with E-state index in [-0.39, 0.29) is 5.97 Å². The number of fused-ring (bicyclic) bond motifs is 1. The lowest BCUT2D eigenvalue weighted by Crippen LogP contribution is -2.40. The van der Waals surface area contributed by atoms with Crippen LogP contribution in [0.15, 0.2) is 57.5 Å². The fraction of sp³-hybridized carbons (Fsp3) is 0.360. The van der Waals surface area contributed by atoms with E-state index in [0.717, 1.165) is 25.4 Å². The summed E-state index contributed by atoms with van der Waals surface area (Å²) >= 11 is 7.30. The van der Waals surface area contributed by atoms with Gasteiger partial charge >= 0.3 is 12.1 Å². The molecule has 8 heteroatoms. The lowest BCUT2D eigenvalue weighted by atomic mass is 10.1. The molecule has 6 nitrogen and oxygen atoms in total. The molecule has 0 radical (unpaired) electrons. The van der Waals surface area contributed by atoms with Gasteiger partial charge in [0.25, 0.3) is 0 Å². The number of ether oxygens (including phenoxy) is 2. The molecule has 0 aliphatic heterocycles. The molecule has 0 aliphatic rings. The van der Waals surface area contributed by atoms with E-state index in [4.69, 9.17) is 9.47 Å². The number of halogens is 2. The Hall–Kier alpha value is -2.16. The molecular weight excluding hydrogens is 552 g/mol. The van der Waals surface area contributed by atoms with Crippen LogP contribution in [0.1, 0.15) is 39.0 Å². The molecule has 3 aromatic rings. The van der Waals surface area contributed by atoms with Gasteiger partial charge in [-0.2, -0.15) is 0 Å². The van der Waals surface area contributed by atoms with Crippen LogP contribution >= 0.6 is 31.9 Å². The van der Waals surface area contributed by atoms with Gasteiger partial charge in [0.05, 0.1) is 18.3 Å². The highest BCUT2D eigenvalue weighted by Crippen LogP contribution is 2.33. The Balaban J connectivity index is 2.10. The molecule has 176 valence electrons. The molecule has 1 heterocycles. The summed E-state index contributed by atoms with van der Waals surface area (Å²) in [5.41, 5.74) is 1.80. The summed E-state index contributed by atoms with van der Waals surface area (Å²) in [4.78, 5) is 27.7. The van der Waals surface area contributed by atoms with E-state index >= 15 is 0 Å². The van der Waals surface area contributed by atoms with E-state index in [1.54, 1.807) is 11.5 Å². The average molecular weight is 580 g/mol. The van der Waals surface area contributed by atoms with E-state index in [0.29, 0.717) is 18.8 Å². The number of nitrogens with zero attached hydrogens (tertiary/aromatic N) is 2. The second-order valence-electron chi connectivity index (χ2n) is 8.79. The van der Waals surface area contributed by atoms with Gasteiger partial charge in [-0.3, -0.25) is 9.69 Å². The largest absolute Gasteiger partial charge is 0.468 e. The standard InChI is InChI=1S/C25H28Br2N2O4/c1-16(23(30)32-5)28(14-17-10-6-8-12-19(17)26)15-21-22(27)18-11-7-9-13-20(18)29(21)24(31)33-25(2,3)4/h6-13,16H,14-15H2,1-5H3/t16-/m0/s1. The minimum Gasteiger partial charge on any atom is -0.468 e. The van der Waals surface area contributed by atoms with Crippen molar-refractivity contribution >= 4 is 54.8 Å². The van der Waals surface area contributed by atoms with Gasteiger partial charge in [0.15, 0.2) is 0 Å². The summed E-state index contributed by atoms with van der Waals surface area (Å²) in [6.45, 7) is 8.10. The Labute approximate surface area is 211 Å². The first-order valence-electron chi connectivity index (χ1n) is 10.6. The number of rotatable bonds is 6. The summed E-state index contributed by atoms with van der Waals surface area (Å²) in [7, 11) is 1.38. The molecule has 0 amide bonds. The van der Waals surface area contributed by atoms with Crippen molar-refractivity contribution in [1.82, 2.24) is 9.47 Å². The van der Waals surface area contributed by atoms with Crippen molar-refractivity contribution in [2.45, 2.75) is 52.4 Å². The van der Waals surface area contributed by atoms with Crippen LogP contribution in [0.25, 0.3) is 10.9 Å². The predicted molar refractivity (Wildman–Crippen MR) is 136 cm³/mol. The lowest BCUT2D eigenvalue weighted by molar-refractivity contribution is -0.146. The van der Waals surface area contributed by atoms with Crippen LogP contribution in [0.5, 0.6) is 0 Å². The van der Waals surface area contributed by atoms with Crippen molar-refractivity contribution in [3.8, 4) is 0 Å². The Bertz CT molecular complexity index is 1170. The first-order valence-corrected chi connectivity index (χ1v) is 12.2. The molecule has 0 bridgehead atoms. The van der Waals surface area contributed by atoms with Crippen LogP contribution in [-0.2, 0) is 27.4 Å². The number of carbonyl (C=O) groups excluding carboxylic acids is 2. The van der Waals surface area contributed by atoms with Crippen molar-refractivity contribution < 1.29 is 19.1 Å². The normalized spacial score (nSPS) is 12.7. The van der Waals surface area contributed by atoms with E-state index in [9.17, 15) is 9.59 Å². The van der Waals surface area contributed by atoms with Gasteiger partial charge in [0, 0.05) is 27.4 Å². The fourth-order valence-electron chi connectivity index (χ4n) is 3.60. The van der Waals surface area contributed by atoms with Crippen LogP contribution < -0.4 is 0 Å². The summed E-state index contributed by atoms with van der Waals surface area (Å²) in [5.74, 6) is -0.349. The van der Waals surface area contributed by atoms with Crippen LogP contribution in [0, 0.1) is 0 Å². The Morgan fingerprint density at radius 2 is 1.67 bits per heavy atom. The van der Waals surface area contributed by atoms with Crippen LogP contribution in [0.3, 0.4) is 0 Å². The summed E-state index contributed by atoms with van der Waals surface area (Å²) < 4.78 is 14.1. The number of hydrogen-bond acceptors (Lipinski definition) is 5. The Morgan fingerprint density at radius 3 is 2.30 bits per heavy atom. The molecule has 0 N–H and O–H groups in total. The van der Waals surface area contributed by atoms with E-state index in [1.807, 2.05) is 74.2 Å². The molecule has 0 unspecified atom stereocenters. The Kier molecular flexibility index (Phi) is 8.03. The maximum Gasteiger partial charge on any atom is 0.419 e. The van der Waals surface area contributed by atoms with E-state index < -0.39 is 17.7 Å². The van der Waals surface area contributed by atoms with Crippen molar-refractivity contribution in [3.63, 3.8) is 0 Å². The van der Waals surface area contributed by atoms with Crippen LogP contribution in [0.4, 0.5) is 4.79 Å². The predicted octanol–water partition coefficient (Wildman–Crippen LogP) is 6.51. The molecule has 0 aliphatic carbocycles. The molecule has 33 heavy (non-hydrogen) atoms. The average Bonchev–Trinajstić information content (AvgIpc) is 3.04. The first-order chi connectivity index (χ1) is 15.5. The molecule has 2 aromatic carbocycles. The fourth-order valence-corrected chi connectivity index (χ4v) is 4.64. The van der Waals surface area contributed by atoms with Gasteiger partial charge in [0.1, 0.15) is 11.6 Å². The van der Waals surface area contributed by atoms with Gasteiger partial charge in [-0.25, -0.2) is 9.36 Å². The second-order valence-corrected chi connectivity index (χ2v) is 10.4.